The zero-order valence-electron chi connectivity index (χ0n) is 10.7. The van der Waals surface area contributed by atoms with Crippen molar-refractivity contribution in [2.24, 2.45) is 0 Å². The van der Waals surface area contributed by atoms with Gasteiger partial charge in [-0.3, -0.25) is 0 Å². The van der Waals surface area contributed by atoms with Gasteiger partial charge in [-0.15, -0.1) is 0 Å². The summed E-state index contributed by atoms with van der Waals surface area (Å²) in [5, 5.41) is 9.48. The fourth-order valence-corrected chi connectivity index (χ4v) is 2.05. The molecule has 19 heavy (non-hydrogen) atoms. The van der Waals surface area contributed by atoms with E-state index in [4.69, 9.17) is 21.6 Å². The molecular weight excluding hydrogens is 258 g/mol. The van der Waals surface area contributed by atoms with Gasteiger partial charge in [-0.2, -0.15) is 5.26 Å². The van der Waals surface area contributed by atoms with Gasteiger partial charge >= 0.3 is 0 Å². The highest BCUT2D eigenvalue weighted by atomic mass is 35.5. The summed E-state index contributed by atoms with van der Waals surface area (Å²) in [6.07, 6.45) is 2.17. The normalized spacial score (nSPS) is 9.95. The molecule has 2 nitrogen and oxygen atoms in total. The van der Waals surface area contributed by atoms with Gasteiger partial charge in [0.2, 0.25) is 0 Å². The van der Waals surface area contributed by atoms with Gasteiger partial charge in [-0.25, -0.2) is 0 Å². The molecule has 2 rings (SSSR count). The molecule has 0 amide bonds. The Labute approximate surface area is 118 Å². The van der Waals surface area contributed by atoms with Crippen LogP contribution in [-0.2, 0) is 6.42 Å². The van der Waals surface area contributed by atoms with Crippen molar-refractivity contribution in [1.82, 2.24) is 0 Å². The summed E-state index contributed by atoms with van der Waals surface area (Å²) in [7, 11) is 0. The molecule has 2 aromatic rings. The number of hydrogen-bond acceptors (Lipinski definition) is 2. The minimum absolute atomic E-state index is 0.363. The quantitative estimate of drug-likeness (QED) is 0.788. The summed E-state index contributed by atoms with van der Waals surface area (Å²) in [6.45, 7) is 2.15. The fourth-order valence-electron chi connectivity index (χ4n) is 1.84. The van der Waals surface area contributed by atoms with Crippen molar-refractivity contribution in [2.75, 3.05) is 0 Å². The van der Waals surface area contributed by atoms with Crippen molar-refractivity contribution in [2.45, 2.75) is 19.8 Å². The van der Waals surface area contributed by atoms with E-state index in [1.54, 1.807) is 18.2 Å². The zero-order valence-corrected chi connectivity index (χ0v) is 11.4. The second-order valence-electron chi connectivity index (χ2n) is 4.22. The molecule has 0 aromatic heterocycles. The van der Waals surface area contributed by atoms with Gasteiger partial charge in [-0.1, -0.05) is 43.1 Å². The second kappa shape index (κ2) is 6.26. The Balaban J connectivity index is 2.22. The van der Waals surface area contributed by atoms with Crippen molar-refractivity contribution in [1.29, 1.82) is 5.26 Å². The summed E-state index contributed by atoms with van der Waals surface area (Å²) >= 11 is 5.96. The summed E-state index contributed by atoms with van der Waals surface area (Å²) in [5.74, 6) is 1.19. The van der Waals surface area contributed by atoms with E-state index >= 15 is 0 Å². The van der Waals surface area contributed by atoms with Crippen LogP contribution in [0, 0.1) is 11.3 Å². The molecule has 0 spiro atoms. The number of halogens is 1. The average Bonchev–Trinajstić information content (AvgIpc) is 2.42. The maximum atomic E-state index is 9.08. The lowest BCUT2D eigenvalue weighted by atomic mass is 10.1. The largest absolute Gasteiger partial charge is 0.456 e. The molecule has 0 N–H and O–H groups in total. The van der Waals surface area contributed by atoms with Crippen LogP contribution in [0.2, 0.25) is 5.02 Å². The molecule has 2 aromatic carbocycles. The Hall–Kier alpha value is -1.98. The highest BCUT2D eigenvalue weighted by Gasteiger charge is 2.08. The van der Waals surface area contributed by atoms with E-state index in [0.717, 1.165) is 12.8 Å². The minimum Gasteiger partial charge on any atom is -0.456 e. The molecule has 0 saturated carbocycles. The number of aryl methyl sites for hydroxylation is 1. The summed E-state index contributed by atoms with van der Waals surface area (Å²) in [6, 6.07) is 15.1. The average molecular weight is 272 g/mol. The number of hydrogen-bond donors (Lipinski definition) is 0. The first-order chi connectivity index (χ1) is 9.24. The van der Waals surface area contributed by atoms with Crippen LogP contribution >= 0.6 is 11.6 Å². The standard InChI is InChI=1S/C16H14ClNO/c1-2-4-12-7-9-13(10-8-12)19-16-6-3-5-15(17)14(16)11-18/h3,5-10H,2,4H2,1H3. The lowest BCUT2D eigenvalue weighted by molar-refractivity contribution is 0.481. The maximum absolute atomic E-state index is 9.08. The third kappa shape index (κ3) is 3.27. The number of nitriles is 1. The van der Waals surface area contributed by atoms with Gasteiger partial charge in [0, 0.05) is 0 Å². The zero-order chi connectivity index (χ0) is 13.7. The van der Waals surface area contributed by atoms with Gasteiger partial charge in [-0.05, 0) is 36.2 Å². The Bertz CT molecular complexity index is 599. The van der Waals surface area contributed by atoms with Crippen LogP contribution in [0.4, 0.5) is 0 Å². The van der Waals surface area contributed by atoms with E-state index in [-0.39, 0.29) is 0 Å². The molecule has 0 radical (unpaired) electrons. The molecular formula is C16H14ClNO. The van der Waals surface area contributed by atoms with Gasteiger partial charge in [0.1, 0.15) is 23.1 Å². The third-order valence-corrected chi connectivity index (χ3v) is 3.09. The van der Waals surface area contributed by atoms with Crippen molar-refractivity contribution in [3.05, 3.63) is 58.6 Å². The smallest absolute Gasteiger partial charge is 0.146 e. The van der Waals surface area contributed by atoms with Crippen LogP contribution in [0.15, 0.2) is 42.5 Å². The molecule has 0 aliphatic heterocycles. The number of rotatable bonds is 4. The fraction of sp³-hybridized carbons (Fsp3) is 0.188. The number of nitrogens with zero attached hydrogens (tertiary/aromatic N) is 1. The lowest BCUT2D eigenvalue weighted by Gasteiger charge is -2.08. The predicted molar refractivity (Wildman–Crippen MR) is 76.7 cm³/mol. The Morgan fingerprint density at radius 2 is 1.89 bits per heavy atom. The molecule has 0 fully saturated rings. The van der Waals surface area contributed by atoms with E-state index in [1.165, 1.54) is 5.56 Å². The number of benzene rings is 2. The van der Waals surface area contributed by atoms with Gasteiger partial charge in [0.15, 0.2) is 0 Å². The highest BCUT2D eigenvalue weighted by Crippen LogP contribution is 2.29. The Kier molecular flexibility index (Phi) is 4.43. The van der Waals surface area contributed by atoms with Crippen molar-refractivity contribution in [3.63, 3.8) is 0 Å². The van der Waals surface area contributed by atoms with Crippen LogP contribution in [0.1, 0.15) is 24.5 Å². The van der Waals surface area contributed by atoms with Crippen LogP contribution in [0.25, 0.3) is 0 Å². The van der Waals surface area contributed by atoms with Crippen LogP contribution in [0.3, 0.4) is 0 Å². The van der Waals surface area contributed by atoms with Crippen LogP contribution < -0.4 is 4.74 Å². The molecule has 0 saturated heterocycles. The highest BCUT2D eigenvalue weighted by molar-refractivity contribution is 6.31. The third-order valence-electron chi connectivity index (χ3n) is 2.78. The van der Waals surface area contributed by atoms with E-state index in [0.29, 0.717) is 22.1 Å². The summed E-state index contributed by atoms with van der Waals surface area (Å²) < 4.78 is 5.71. The molecule has 0 bridgehead atoms. The molecule has 0 aliphatic carbocycles. The maximum Gasteiger partial charge on any atom is 0.146 e. The van der Waals surface area contributed by atoms with Crippen LogP contribution in [0.5, 0.6) is 11.5 Å². The lowest BCUT2D eigenvalue weighted by Crippen LogP contribution is -1.90. The topological polar surface area (TPSA) is 33.0 Å². The Morgan fingerprint density at radius 3 is 2.53 bits per heavy atom. The first-order valence-electron chi connectivity index (χ1n) is 6.20. The Morgan fingerprint density at radius 1 is 1.16 bits per heavy atom. The van der Waals surface area contributed by atoms with Gasteiger partial charge in [0.05, 0.1) is 5.02 Å². The molecule has 3 heteroatoms. The first kappa shape index (κ1) is 13.5. The second-order valence-corrected chi connectivity index (χ2v) is 4.63. The van der Waals surface area contributed by atoms with E-state index in [2.05, 4.69) is 13.0 Å². The number of ether oxygens (including phenoxy) is 1. The summed E-state index contributed by atoms with van der Waals surface area (Å²) in [4.78, 5) is 0. The molecule has 0 unspecified atom stereocenters. The molecule has 0 aliphatic rings. The minimum atomic E-state index is 0.363. The van der Waals surface area contributed by atoms with Gasteiger partial charge < -0.3 is 4.74 Å². The summed E-state index contributed by atoms with van der Waals surface area (Å²) in [5.41, 5.74) is 1.64. The predicted octanol–water partition coefficient (Wildman–Crippen LogP) is 4.96. The SMILES string of the molecule is CCCc1ccc(Oc2cccc(Cl)c2C#N)cc1. The molecule has 96 valence electrons. The molecule has 0 atom stereocenters. The van der Waals surface area contributed by atoms with Crippen molar-refractivity contribution >= 4 is 11.6 Å². The van der Waals surface area contributed by atoms with E-state index < -0.39 is 0 Å². The first-order valence-corrected chi connectivity index (χ1v) is 6.57. The van der Waals surface area contributed by atoms with Crippen molar-refractivity contribution in [3.8, 4) is 17.6 Å². The van der Waals surface area contributed by atoms with Crippen LogP contribution in [-0.4, -0.2) is 0 Å². The monoisotopic (exact) mass is 271 g/mol. The van der Waals surface area contributed by atoms with E-state index in [9.17, 15) is 0 Å². The van der Waals surface area contributed by atoms with Crippen molar-refractivity contribution < 1.29 is 4.74 Å². The molecule has 0 heterocycles. The van der Waals surface area contributed by atoms with Gasteiger partial charge in [0.25, 0.3) is 0 Å². The van der Waals surface area contributed by atoms with E-state index in [1.807, 2.05) is 24.3 Å².